The van der Waals surface area contributed by atoms with Crippen LogP contribution in [-0.4, -0.2) is 14.6 Å². The standard InChI is InChI=1S/C19H15BrFN4O/c20-15-7-10-25-18(22-12-13-5-8-24(26)9-6-13)11-17(23-19(15)25)14-3-1-2-4-16(14)21/h1-11,22,26H,12H2/q+1. The monoisotopic (exact) mass is 413 g/mol. The molecule has 5 nitrogen and oxygen atoms in total. The van der Waals surface area contributed by atoms with Crippen molar-refractivity contribution < 1.29 is 14.3 Å². The van der Waals surface area contributed by atoms with E-state index in [4.69, 9.17) is 0 Å². The summed E-state index contributed by atoms with van der Waals surface area (Å²) in [5, 5.41) is 12.7. The van der Waals surface area contributed by atoms with E-state index in [0.29, 0.717) is 23.4 Å². The molecule has 26 heavy (non-hydrogen) atoms. The van der Waals surface area contributed by atoms with Gasteiger partial charge in [-0.1, -0.05) is 12.1 Å². The van der Waals surface area contributed by atoms with Gasteiger partial charge in [0.05, 0.1) is 10.2 Å². The zero-order valence-electron chi connectivity index (χ0n) is 13.6. The summed E-state index contributed by atoms with van der Waals surface area (Å²) in [7, 11) is 0. The van der Waals surface area contributed by atoms with Crippen molar-refractivity contribution in [2.45, 2.75) is 6.54 Å². The smallest absolute Gasteiger partial charge is 0.222 e. The third kappa shape index (κ3) is 3.13. The van der Waals surface area contributed by atoms with Crippen LogP contribution in [0.1, 0.15) is 5.56 Å². The van der Waals surface area contributed by atoms with E-state index < -0.39 is 0 Å². The molecule has 0 unspecified atom stereocenters. The topological polar surface area (TPSA) is 53.4 Å². The Morgan fingerprint density at radius 2 is 1.92 bits per heavy atom. The SMILES string of the molecule is O[n+]1ccc(CNc2cc(-c3ccccc3F)nc3c(Br)ccn23)cc1. The maximum absolute atomic E-state index is 14.2. The van der Waals surface area contributed by atoms with Gasteiger partial charge in [-0.2, -0.15) is 0 Å². The van der Waals surface area contributed by atoms with E-state index in [-0.39, 0.29) is 5.82 Å². The van der Waals surface area contributed by atoms with Gasteiger partial charge in [0.25, 0.3) is 0 Å². The summed E-state index contributed by atoms with van der Waals surface area (Å²) >= 11 is 3.49. The Morgan fingerprint density at radius 1 is 1.15 bits per heavy atom. The van der Waals surface area contributed by atoms with E-state index in [1.165, 1.54) is 6.07 Å². The zero-order chi connectivity index (χ0) is 18.1. The lowest BCUT2D eigenvalue weighted by molar-refractivity contribution is -0.904. The average Bonchev–Trinajstić information content (AvgIpc) is 3.02. The van der Waals surface area contributed by atoms with Crippen LogP contribution in [-0.2, 0) is 6.54 Å². The fourth-order valence-corrected chi connectivity index (χ4v) is 3.15. The van der Waals surface area contributed by atoms with Gasteiger partial charge in [0, 0.05) is 41.2 Å². The van der Waals surface area contributed by atoms with Crippen molar-refractivity contribution in [1.29, 1.82) is 0 Å². The molecule has 0 atom stereocenters. The first kappa shape index (κ1) is 16.5. The van der Waals surface area contributed by atoms with Gasteiger partial charge in [-0.3, -0.25) is 9.61 Å². The summed E-state index contributed by atoms with van der Waals surface area (Å²) in [4.78, 5) is 4.59. The normalized spacial score (nSPS) is 11.0. The summed E-state index contributed by atoms with van der Waals surface area (Å²) in [6.45, 7) is 0.548. The molecule has 0 aliphatic heterocycles. The molecule has 130 valence electrons. The van der Waals surface area contributed by atoms with Gasteiger partial charge in [-0.15, -0.1) is 0 Å². The highest BCUT2D eigenvalue weighted by molar-refractivity contribution is 9.10. The van der Waals surface area contributed by atoms with Gasteiger partial charge < -0.3 is 5.32 Å². The van der Waals surface area contributed by atoms with Gasteiger partial charge >= 0.3 is 0 Å². The molecule has 0 amide bonds. The van der Waals surface area contributed by atoms with Crippen LogP contribution < -0.4 is 10.0 Å². The highest BCUT2D eigenvalue weighted by atomic mass is 79.9. The third-order valence-electron chi connectivity index (χ3n) is 4.08. The maximum atomic E-state index is 14.2. The predicted octanol–water partition coefficient (Wildman–Crippen LogP) is 4.04. The molecule has 0 bridgehead atoms. The van der Waals surface area contributed by atoms with Crippen molar-refractivity contribution in [3.05, 3.63) is 83.0 Å². The lowest BCUT2D eigenvalue weighted by atomic mass is 10.1. The first-order chi connectivity index (χ1) is 12.6. The van der Waals surface area contributed by atoms with Crippen molar-refractivity contribution in [1.82, 2.24) is 9.38 Å². The van der Waals surface area contributed by atoms with E-state index >= 15 is 0 Å². The Bertz CT molecular complexity index is 1080. The lowest BCUT2D eigenvalue weighted by Crippen LogP contribution is -2.28. The Morgan fingerprint density at radius 3 is 2.69 bits per heavy atom. The van der Waals surface area contributed by atoms with Crippen LogP contribution in [0.2, 0.25) is 0 Å². The van der Waals surface area contributed by atoms with Gasteiger partial charge in [0.1, 0.15) is 11.6 Å². The molecule has 0 saturated heterocycles. The quantitative estimate of drug-likeness (QED) is 0.392. The van der Waals surface area contributed by atoms with E-state index in [1.54, 1.807) is 30.6 Å². The van der Waals surface area contributed by atoms with Crippen molar-refractivity contribution >= 4 is 27.4 Å². The Kier molecular flexibility index (Phi) is 4.30. The molecule has 1 aromatic carbocycles. The van der Waals surface area contributed by atoms with E-state index in [9.17, 15) is 9.60 Å². The van der Waals surface area contributed by atoms with Crippen molar-refractivity contribution in [2.75, 3.05) is 5.32 Å². The molecule has 4 rings (SSSR count). The highest BCUT2D eigenvalue weighted by Gasteiger charge is 2.12. The van der Waals surface area contributed by atoms with Crippen LogP contribution in [0.15, 0.2) is 71.6 Å². The Balaban J connectivity index is 1.75. The van der Waals surface area contributed by atoms with Gasteiger partial charge in [0.2, 0.25) is 12.4 Å². The fourth-order valence-electron chi connectivity index (χ4n) is 2.75. The number of nitrogens with one attached hydrogen (secondary N) is 1. The summed E-state index contributed by atoms with van der Waals surface area (Å²) < 4.78 is 18.0. The number of pyridine rings is 1. The van der Waals surface area contributed by atoms with E-state index in [1.807, 2.05) is 34.9 Å². The molecule has 0 saturated carbocycles. The van der Waals surface area contributed by atoms with E-state index in [2.05, 4.69) is 26.2 Å². The molecule has 0 spiro atoms. The van der Waals surface area contributed by atoms with Gasteiger partial charge in [0.15, 0.2) is 5.65 Å². The summed E-state index contributed by atoms with van der Waals surface area (Å²) in [5.74, 6) is 0.480. The molecule has 2 N–H and O–H groups in total. The molecular weight excluding hydrogens is 399 g/mol. The minimum Gasteiger partial charge on any atom is -0.367 e. The molecular formula is C19H15BrFN4O+. The van der Waals surface area contributed by atoms with E-state index in [0.717, 1.165) is 20.6 Å². The van der Waals surface area contributed by atoms with Crippen molar-refractivity contribution in [2.24, 2.45) is 0 Å². The van der Waals surface area contributed by atoms with Gasteiger partial charge in [-0.05, 0) is 39.7 Å². The first-order valence-corrected chi connectivity index (χ1v) is 8.77. The number of hydrogen-bond donors (Lipinski definition) is 2. The minimum atomic E-state index is -0.312. The maximum Gasteiger partial charge on any atom is 0.222 e. The number of halogens is 2. The molecule has 0 aliphatic rings. The molecule has 3 heterocycles. The Labute approximate surface area is 157 Å². The second kappa shape index (κ2) is 6.76. The lowest BCUT2D eigenvalue weighted by Gasteiger charge is -2.12. The molecule has 4 aromatic rings. The largest absolute Gasteiger partial charge is 0.367 e. The van der Waals surface area contributed by atoms with Crippen LogP contribution >= 0.6 is 15.9 Å². The third-order valence-corrected chi connectivity index (χ3v) is 4.70. The van der Waals surface area contributed by atoms with Gasteiger partial charge in [-0.25, -0.2) is 9.37 Å². The van der Waals surface area contributed by atoms with Crippen LogP contribution in [0.3, 0.4) is 0 Å². The second-order valence-corrected chi connectivity index (χ2v) is 6.66. The number of nitrogens with zero attached hydrogens (tertiary/aromatic N) is 3. The molecule has 0 aliphatic carbocycles. The van der Waals surface area contributed by atoms with Crippen LogP contribution in [0.4, 0.5) is 10.2 Å². The second-order valence-electron chi connectivity index (χ2n) is 5.80. The number of aromatic nitrogens is 3. The molecule has 3 aromatic heterocycles. The van der Waals surface area contributed by atoms with Crippen molar-refractivity contribution in [3.8, 4) is 11.3 Å². The predicted molar refractivity (Wildman–Crippen MR) is 99.4 cm³/mol. The molecule has 0 radical (unpaired) electrons. The Hall–Kier alpha value is -2.93. The zero-order valence-corrected chi connectivity index (χ0v) is 15.2. The summed E-state index contributed by atoms with van der Waals surface area (Å²) in [6, 6.07) is 13.9. The average molecular weight is 414 g/mol. The van der Waals surface area contributed by atoms with Crippen molar-refractivity contribution in [3.63, 3.8) is 0 Å². The van der Waals surface area contributed by atoms with Crippen LogP contribution in [0.25, 0.3) is 16.9 Å². The summed E-state index contributed by atoms with van der Waals surface area (Å²) in [6.07, 6.45) is 5.03. The number of anilines is 1. The van der Waals surface area contributed by atoms with Crippen LogP contribution in [0.5, 0.6) is 0 Å². The number of benzene rings is 1. The fraction of sp³-hybridized carbons (Fsp3) is 0.0526. The first-order valence-electron chi connectivity index (χ1n) is 7.97. The highest BCUT2D eigenvalue weighted by Crippen LogP contribution is 2.28. The summed E-state index contributed by atoms with van der Waals surface area (Å²) in [5.41, 5.74) is 2.71. The number of rotatable bonds is 4. The molecule has 0 fully saturated rings. The molecule has 7 heteroatoms. The van der Waals surface area contributed by atoms with Crippen LogP contribution in [0, 0.1) is 5.82 Å². The number of hydrogen-bond acceptors (Lipinski definition) is 3. The number of fused-ring (bicyclic) bond motifs is 1. The minimum absolute atomic E-state index is 0.312.